The molecule has 160 valence electrons. The lowest BCUT2D eigenvalue weighted by Gasteiger charge is -2.33. The fourth-order valence-electron chi connectivity index (χ4n) is 3.68. The number of hydrogen-bond donors (Lipinski definition) is 1. The second-order valence-electron chi connectivity index (χ2n) is 7.01. The summed E-state index contributed by atoms with van der Waals surface area (Å²) in [4.78, 5) is 39.8. The zero-order chi connectivity index (χ0) is 22.1. The lowest BCUT2D eigenvalue weighted by Crippen LogP contribution is -2.43. The van der Waals surface area contributed by atoms with Gasteiger partial charge in [0, 0.05) is 29.6 Å². The predicted molar refractivity (Wildman–Crippen MR) is 108 cm³/mol. The van der Waals surface area contributed by atoms with Gasteiger partial charge in [-0.2, -0.15) is 0 Å². The number of rotatable bonds is 4. The van der Waals surface area contributed by atoms with E-state index in [9.17, 15) is 18.8 Å². The van der Waals surface area contributed by atoms with Crippen molar-refractivity contribution in [3.63, 3.8) is 0 Å². The summed E-state index contributed by atoms with van der Waals surface area (Å²) in [6, 6.07) is 10.2. The number of fused-ring (bicyclic) bond motifs is 1. The topological polar surface area (TPSA) is 94.2 Å². The molecule has 2 amide bonds. The fourth-order valence-corrected chi connectivity index (χ4v) is 3.68. The first-order valence-electron chi connectivity index (χ1n) is 9.47. The van der Waals surface area contributed by atoms with E-state index in [0.29, 0.717) is 22.9 Å². The molecular formula is C22H19FN2O6. The summed E-state index contributed by atoms with van der Waals surface area (Å²) in [5.74, 6) is -2.12. The van der Waals surface area contributed by atoms with Gasteiger partial charge in [-0.1, -0.05) is 0 Å². The largest absolute Gasteiger partial charge is 0.466 e. The lowest BCUT2D eigenvalue weighted by molar-refractivity contribution is -0.138. The van der Waals surface area contributed by atoms with Crippen LogP contribution in [0.1, 0.15) is 13.3 Å². The number of allylic oxidation sites excluding steroid dienone is 1. The maximum atomic E-state index is 13.3. The molecule has 0 unspecified atom stereocenters. The van der Waals surface area contributed by atoms with Crippen molar-refractivity contribution in [1.29, 1.82) is 0 Å². The number of benzene rings is 2. The number of hydrogen-bond acceptors (Lipinski definition) is 6. The van der Waals surface area contributed by atoms with Gasteiger partial charge in [-0.3, -0.25) is 14.5 Å². The van der Waals surface area contributed by atoms with E-state index in [1.54, 1.807) is 25.1 Å². The van der Waals surface area contributed by atoms with Crippen LogP contribution in [0.25, 0.3) is 0 Å². The van der Waals surface area contributed by atoms with E-state index in [2.05, 4.69) is 5.32 Å². The van der Waals surface area contributed by atoms with E-state index in [4.69, 9.17) is 14.2 Å². The summed E-state index contributed by atoms with van der Waals surface area (Å²) in [5, 5.41) is 2.72. The Morgan fingerprint density at radius 1 is 1.13 bits per heavy atom. The summed E-state index contributed by atoms with van der Waals surface area (Å²) in [7, 11) is 1.20. The molecule has 0 fully saturated rings. The van der Waals surface area contributed by atoms with Crippen molar-refractivity contribution in [2.24, 2.45) is 5.92 Å². The Morgan fingerprint density at radius 3 is 2.55 bits per heavy atom. The van der Waals surface area contributed by atoms with Gasteiger partial charge in [0.25, 0.3) is 0 Å². The van der Waals surface area contributed by atoms with Gasteiger partial charge in [-0.25, -0.2) is 9.18 Å². The molecule has 2 heterocycles. The van der Waals surface area contributed by atoms with Crippen LogP contribution in [0.3, 0.4) is 0 Å². The second kappa shape index (κ2) is 8.10. The quantitative estimate of drug-likeness (QED) is 0.756. The Morgan fingerprint density at radius 2 is 1.84 bits per heavy atom. The maximum Gasteiger partial charge on any atom is 0.336 e. The van der Waals surface area contributed by atoms with Gasteiger partial charge in [0.05, 0.1) is 18.6 Å². The minimum Gasteiger partial charge on any atom is -0.466 e. The highest BCUT2D eigenvalue weighted by Crippen LogP contribution is 2.36. The lowest BCUT2D eigenvalue weighted by atomic mass is 9.88. The number of anilines is 2. The van der Waals surface area contributed by atoms with E-state index in [1.165, 1.54) is 36.3 Å². The van der Waals surface area contributed by atoms with Crippen LogP contribution in [0.4, 0.5) is 15.8 Å². The Hall–Kier alpha value is -3.88. The number of amides is 2. The van der Waals surface area contributed by atoms with Gasteiger partial charge in [-0.15, -0.1) is 0 Å². The van der Waals surface area contributed by atoms with Crippen LogP contribution in [0.2, 0.25) is 0 Å². The van der Waals surface area contributed by atoms with Gasteiger partial charge in [0.15, 0.2) is 11.5 Å². The Labute approximate surface area is 177 Å². The van der Waals surface area contributed by atoms with Crippen LogP contribution >= 0.6 is 0 Å². The predicted octanol–water partition coefficient (Wildman–Crippen LogP) is 2.99. The standard InChI is InChI=1S/C22H19FN2O6/c1-12-20(22(28)29-2)16(10-19(26)25(12)15-6-3-13(23)4-7-15)21(27)24-14-5-8-17-18(9-14)31-11-30-17/h3-9,16H,10-11H2,1-2H3,(H,24,27)/t16-/m1/s1. The molecule has 0 saturated heterocycles. The Bertz CT molecular complexity index is 1100. The van der Waals surface area contributed by atoms with Crippen molar-refractivity contribution in [2.45, 2.75) is 13.3 Å². The number of halogens is 1. The number of nitrogens with one attached hydrogen (secondary N) is 1. The number of ether oxygens (including phenoxy) is 3. The van der Waals surface area contributed by atoms with E-state index in [1.807, 2.05) is 0 Å². The van der Waals surface area contributed by atoms with Crippen LogP contribution in [0, 0.1) is 11.7 Å². The minimum absolute atomic E-state index is 0.0599. The van der Waals surface area contributed by atoms with Gasteiger partial charge >= 0.3 is 5.97 Å². The highest BCUT2D eigenvalue weighted by Gasteiger charge is 2.40. The van der Waals surface area contributed by atoms with Crippen LogP contribution in [0.5, 0.6) is 11.5 Å². The van der Waals surface area contributed by atoms with Crippen molar-refractivity contribution in [3.8, 4) is 11.5 Å². The van der Waals surface area contributed by atoms with Crippen molar-refractivity contribution in [3.05, 3.63) is 59.6 Å². The zero-order valence-corrected chi connectivity index (χ0v) is 16.8. The highest BCUT2D eigenvalue weighted by molar-refractivity contribution is 6.10. The van der Waals surface area contributed by atoms with E-state index < -0.39 is 29.5 Å². The van der Waals surface area contributed by atoms with Crippen molar-refractivity contribution >= 4 is 29.2 Å². The summed E-state index contributed by atoms with van der Waals surface area (Å²) in [6.45, 7) is 1.64. The molecule has 0 bridgehead atoms. The molecule has 1 N–H and O–H groups in total. The number of carbonyl (C=O) groups is 3. The molecule has 0 saturated carbocycles. The summed E-state index contributed by atoms with van der Waals surface area (Å²) in [5.41, 5.74) is 1.13. The Balaban J connectivity index is 1.66. The number of esters is 1. The fraction of sp³-hybridized carbons (Fsp3) is 0.227. The van der Waals surface area contributed by atoms with E-state index >= 15 is 0 Å². The first-order chi connectivity index (χ1) is 14.9. The minimum atomic E-state index is -1.05. The van der Waals surface area contributed by atoms with Crippen LogP contribution in [-0.4, -0.2) is 31.7 Å². The van der Waals surface area contributed by atoms with Crippen LogP contribution in [-0.2, 0) is 19.1 Å². The molecular weight excluding hydrogens is 407 g/mol. The third-order valence-corrected chi connectivity index (χ3v) is 5.15. The molecule has 0 aromatic heterocycles. The number of nitrogens with zero attached hydrogens (tertiary/aromatic N) is 1. The molecule has 0 spiro atoms. The van der Waals surface area contributed by atoms with Crippen molar-refractivity contribution in [2.75, 3.05) is 24.1 Å². The number of methoxy groups -OCH3 is 1. The average molecular weight is 426 g/mol. The molecule has 8 nitrogen and oxygen atoms in total. The molecule has 9 heteroatoms. The first-order valence-corrected chi connectivity index (χ1v) is 9.47. The van der Waals surface area contributed by atoms with Gasteiger partial charge in [0.1, 0.15) is 5.82 Å². The SMILES string of the molecule is COC(=O)C1=C(C)N(c2ccc(F)cc2)C(=O)C[C@H]1C(=O)Nc1ccc2c(c1)OCO2. The zero-order valence-electron chi connectivity index (χ0n) is 16.8. The van der Waals surface area contributed by atoms with Gasteiger partial charge < -0.3 is 19.5 Å². The van der Waals surface area contributed by atoms with E-state index in [0.717, 1.165) is 0 Å². The molecule has 4 rings (SSSR count). The van der Waals surface area contributed by atoms with Gasteiger partial charge in [0.2, 0.25) is 18.6 Å². The second-order valence-corrected chi connectivity index (χ2v) is 7.01. The van der Waals surface area contributed by atoms with Crippen LogP contribution in [0.15, 0.2) is 53.7 Å². The molecule has 2 aromatic carbocycles. The number of carbonyl (C=O) groups excluding carboxylic acids is 3. The molecule has 0 aliphatic carbocycles. The third-order valence-electron chi connectivity index (χ3n) is 5.15. The third kappa shape index (κ3) is 3.81. The average Bonchev–Trinajstić information content (AvgIpc) is 3.22. The summed E-state index contributed by atoms with van der Waals surface area (Å²) < 4.78 is 28.7. The molecule has 1 atom stereocenters. The van der Waals surface area contributed by atoms with Crippen LogP contribution < -0.4 is 19.7 Å². The normalized spacial score (nSPS) is 17.6. The molecule has 2 aliphatic heterocycles. The summed E-state index contributed by atoms with van der Waals surface area (Å²) in [6.07, 6.45) is -0.254. The van der Waals surface area contributed by atoms with Crippen molar-refractivity contribution in [1.82, 2.24) is 0 Å². The summed E-state index contributed by atoms with van der Waals surface area (Å²) >= 11 is 0. The maximum absolute atomic E-state index is 13.3. The highest BCUT2D eigenvalue weighted by atomic mass is 19.1. The van der Waals surface area contributed by atoms with E-state index in [-0.39, 0.29) is 24.5 Å². The molecule has 0 radical (unpaired) electrons. The molecule has 31 heavy (non-hydrogen) atoms. The monoisotopic (exact) mass is 426 g/mol. The van der Waals surface area contributed by atoms with Gasteiger partial charge in [-0.05, 0) is 43.3 Å². The molecule has 2 aromatic rings. The molecule has 2 aliphatic rings. The van der Waals surface area contributed by atoms with Crippen molar-refractivity contribution < 1.29 is 33.0 Å². The smallest absolute Gasteiger partial charge is 0.336 e. The first kappa shape index (κ1) is 20.4. The Kier molecular flexibility index (Phi) is 5.33.